The summed E-state index contributed by atoms with van der Waals surface area (Å²) in [5, 5.41) is 0. The van der Waals surface area contributed by atoms with E-state index in [0.717, 1.165) is 11.3 Å². The Morgan fingerprint density at radius 1 is 1.11 bits per heavy atom. The van der Waals surface area contributed by atoms with Crippen LogP contribution < -0.4 is 9.47 Å². The van der Waals surface area contributed by atoms with Crippen molar-refractivity contribution in [2.45, 2.75) is 6.61 Å². The smallest absolute Gasteiger partial charge is 0.185 e. The molecule has 136 valence electrons. The number of hydrogen-bond acceptors (Lipinski definition) is 4. The fourth-order valence-electron chi connectivity index (χ4n) is 2.40. The molecule has 0 amide bonds. The summed E-state index contributed by atoms with van der Waals surface area (Å²) in [7, 11) is 1.38. The van der Waals surface area contributed by atoms with Gasteiger partial charge in [-0.05, 0) is 54.1 Å². The molecule has 0 fully saturated rings. The first-order chi connectivity index (χ1) is 13.2. The van der Waals surface area contributed by atoms with Crippen LogP contribution in [0.25, 0.3) is 6.08 Å². The van der Waals surface area contributed by atoms with Crippen molar-refractivity contribution >= 4 is 11.9 Å². The van der Waals surface area contributed by atoms with Crippen molar-refractivity contribution in [3.8, 4) is 11.5 Å². The SMILES string of the molecule is COc1ccc(C(=O)/C=C/c2ccc(OCc3ccccn3)cc2)cc1F. The number of ketones is 1. The zero-order chi connectivity index (χ0) is 19.1. The van der Waals surface area contributed by atoms with E-state index in [1.165, 1.54) is 31.4 Å². The summed E-state index contributed by atoms with van der Waals surface area (Å²) in [4.78, 5) is 16.4. The molecule has 0 radical (unpaired) electrons. The number of hydrogen-bond donors (Lipinski definition) is 0. The number of rotatable bonds is 7. The van der Waals surface area contributed by atoms with Crippen LogP contribution in [-0.2, 0) is 6.61 Å². The molecule has 27 heavy (non-hydrogen) atoms. The molecule has 0 aliphatic rings. The third-order valence-corrected chi connectivity index (χ3v) is 3.86. The summed E-state index contributed by atoms with van der Waals surface area (Å²) in [5.41, 5.74) is 1.95. The van der Waals surface area contributed by atoms with Crippen LogP contribution >= 0.6 is 0 Å². The van der Waals surface area contributed by atoms with Crippen LogP contribution in [0.3, 0.4) is 0 Å². The molecular weight excluding hydrogens is 345 g/mol. The first-order valence-electron chi connectivity index (χ1n) is 8.34. The second kappa shape index (κ2) is 8.76. The minimum atomic E-state index is -0.564. The highest BCUT2D eigenvalue weighted by molar-refractivity contribution is 6.06. The van der Waals surface area contributed by atoms with Crippen molar-refractivity contribution in [3.63, 3.8) is 0 Å². The molecule has 0 aliphatic heterocycles. The minimum Gasteiger partial charge on any atom is -0.494 e. The van der Waals surface area contributed by atoms with Crippen LogP contribution in [0, 0.1) is 5.82 Å². The fourth-order valence-corrected chi connectivity index (χ4v) is 2.40. The molecule has 0 aliphatic carbocycles. The van der Waals surface area contributed by atoms with Gasteiger partial charge in [-0.1, -0.05) is 24.3 Å². The lowest BCUT2D eigenvalue weighted by molar-refractivity contribution is 0.104. The predicted molar refractivity (Wildman–Crippen MR) is 101 cm³/mol. The van der Waals surface area contributed by atoms with E-state index in [-0.39, 0.29) is 17.1 Å². The Kier molecular flexibility index (Phi) is 5.94. The maximum atomic E-state index is 13.7. The Labute approximate surface area is 156 Å². The van der Waals surface area contributed by atoms with E-state index in [0.29, 0.717) is 12.4 Å². The number of methoxy groups -OCH3 is 1. The average molecular weight is 363 g/mol. The van der Waals surface area contributed by atoms with Gasteiger partial charge in [-0.25, -0.2) is 4.39 Å². The van der Waals surface area contributed by atoms with Crippen LogP contribution in [0.5, 0.6) is 11.5 Å². The maximum absolute atomic E-state index is 13.7. The number of allylic oxidation sites excluding steroid dienone is 1. The maximum Gasteiger partial charge on any atom is 0.185 e. The highest BCUT2D eigenvalue weighted by atomic mass is 19.1. The van der Waals surface area contributed by atoms with Gasteiger partial charge in [-0.15, -0.1) is 0 Å². The third kappa shape index (κ3) is 5.01. The monoisotopic (exact) mass is 363 g/mol. The molecule has 2 aromatic carbocycles. The molecule has 0 N–H and O–H groups in total. The lowest BCUT2D eigenvalue weighted by Crippen LogP contribution is -1.97. The molecule has 3 rings (SSSR count). The summed E-state index contributed by atoms with van der Waals surface area (Å²) in [6, 6.07) is 17.1. The van der Waals surface area contributed by atoms with Gasteiger partial charge in [0.15, 0.2) is 17.3 Å². The van der Waals surface area contributed by atoms with Gasteiger partial charge in [-0.3, -0.25) is 9.78 Å². The number of pyridine rings is 1. The summed E-state index contributed by atoms with van der Waals surface area (Å²) in [5.74, 6) is -0.0311. The Morgan fingerprint density at radius 3 is 2.59 bits per heavy atom. The van der Waals surface area contributed by atoms with E-state index in [1.54, 1.807) is 12.3 Å². The number of aromatic nitrogens is 1. The zero-order valence-electron chi connectivity index (χ0n) is 14.8. The van der Waals surface area contributed by atoms with Gasteiger partial charge in [0.2, 0.25) is 0 Å². The van der Waals surface area contributed by atoms with Gasteiger partial charge in [0, 0.05) is 11.8 Å². The van der Waals surface area contributed by atoms with Gasteiger partial charge < -0.3 is 9.47 Å². The van der Waals surface area contributed by atoms with E-state index >= 15 is 0 Å². The molecule has 1 aromatic heterocycles. The fraction of sp³-hybridized carbons (Fsp3) is 0.0909. The van der Waals surface area contributed by atoms with Gasteiger partial charge in [0.05, 0.1) is 12.8 Å². The van der Waals surface area contributed by atoms with Crippen LogP contribution in [0.2, 0.25) is 0 Å². The predicted octanol–water partition coefficient (Wildman–Crippen LogP) is 4.70. The normalized spacial score (nSPS) is 10.7. The number of carbonyl (C=O) groups is 1. The van der Waals surface area contributed by atoms with Gasteiger partial charge in [0.25, 0.3) is 0 Å². The van der Waals surface area contributed by atoms with Crippen molar-refractivity contribution in [1.29, 1.82) is 0 Å². The van der Waals surface area contributed by atoms with Crippen molar-refractivity contribution < 1.29 is 18.7 Å². The molecule has 0 unspecified atom stereocenters. The van der Waals surface area contributed by atoms with Gasteiger partial charge in [-0.2, -0.15) is 0 Å². The number of carbonyl (C=O) groups excluding carboxylic acids is 1. The number of nitrogens with zero attached hydrogens (tertiary/aromatic N) is 1. The van der Waals surface area contributed by atoms with E-state index in [4.69, 9.17) is 9.47 Å². The molecule has 5 heteroatoms. The third-order valence-electron chi connectivity index (χ3n) is 3.86. The van der Waals surface area contributed by atoms with Gasteiger partial charge in [0.1, 0.15) is 12.4 Å². The second-order valence-corrected chi connectivity index (χ2v) is 5.73. The molecular formula is C22H18FNO3. The Bertz CT molecular complexity index is 938. The van der Waals surface area contributed by atoms with E-state index < -0.39 is 5.82 Å². The lowest BCUT2D eigenvalue weighted by atomic mass is 10.1. The Morgan fingerprint density at radius 2 is 1.93 bits per heavy atom. The van der Waals surface area contributed by atoms with Crippen molar-refractivity contribution in [2.75, 3.05) is 7.11 Å². The summed E-state index contributed by atoms with van der Waals surface area (Å²) in [6.45, 7) is 0.386. The van der Waals surface area contributed by atoms with Gasteiger partial charge >= 0.3 is 0 Å². The number of ether oxygens (including phenoxy) is 2. The molecule has 0 atom stereocenters. The quantitative estimate of drug-likeness (QED) is 0.451. The zero-order valence-corrected chi connectivity index (χ0v) is 14.8. The van der Waals surface area contributed by atoms with Crippen LogP contribution in [0.15, 0.2) is 72.9 Å². The van der Waals surface area contributed by atoms with Crippen molar-refractivity contribution in [3.05, 3.63) is 95.6 Å². The Balaban J connectivity index is 1.60. The molecule has 0 saturated carbocycles. The molecule has 0 spiro atoms. The average Bonchev–Trinajstić information content (AvgIpc) is 2.72. The van der Waals surface area contributed by atoms with Crippen LogP contribution in [0.1, 0.15) is 21.6 Å². The highest BCUT2D eigenvalue weighted by Crippen LogP contribution is 2.19. The van der Waals surface area contributed by atoms with E-state index in [1.807, 2.05) is 42.5 Å². The highest BCUT2D eigenvalue weighted by Gasteiger charge is 2.07. The first-order valence-corrected chi connectivity index (χ1v) is 8.34. The minimum absolute atomic E-state index is 0.108. The molecule has 1 heterocycles. The molecule has 3 aromatic rings. The summed E-state index contributed by atoms with van der Waals surface area (Å²) in [6.07, 6.45) is 4.80. The van der Waals surface area contributed by atoms with E-state index in [2.05, 4.69) is 4.98 Å². The Hall–Kier alpha value is -3.47. The number of halogens is 1. The topological polar surface area (TPSA) is 48.4 Å². The van der Waals surface area contributed by atoms with Crippen molar-refractivity contribution in [1.82, 2.24) is 4.98 Å². The largest absolute Gasteiger partial charge is 0.494 e. The van der Waals surface area contributed by atoms with Crippen molar-refractivity contribution in [2.24, 2.45) is 0 Å². The molecule has 0 bridgehead atoms. The van der Waals surface area contributed by atoms with Crippen LogP contribution in [-0.4, -0.2) is 17.9 Å². The lowest BCUT2D eigenvalue weighted by Gasteiger charge is -2.05. The van der Waals surface area contributed by atoms with Crippen LogP contribution in [0.4, 0.5) is 4.39 Å². The first kappa shape index (κ1) is 18.3. The summed E-state index contributed by atoms with van der Waals surface area (Å²) >= 11 is 0. The standard InChI is InChI=1S/C22H18FNO3/c1-26-22-12-8-17(14-20(22)23)21(25)11-7-16-5-9-19(10-6-16)27-15-18-4-2-3-13-24-18/h2-14H,15H2,1H3/b11-7+. The number of benzene rings is 2. The molecule has 4 nitrogen and oxygen atoms in total. The summed E-state index contributed by atoms with van der Waals surface area (Å²) < 4.78 is 24.2. The molecule has 0 saturated heterocycles. The van der Waals surface area contributed by atoms with E-state index in [9.17, 15) is 9.18 Å². The second-order valence-electron chi connectivity index (χ2n) is 5.73.